The Balaban J connectivity index is 2.28. The summed E-state index contributed by atoms with van der Waals surface area (Å²) < 4.78 is 11.0. The molecule has 0 fully saturated rings. The predicted octanol–water partition coefficient (Wildman–Crippen LogP) is 4.20. The highest BCUT2D eigenvalue weighted by molar-refractivity contribution is 6.32. The van der Waals surface area contributed by atoms with Crippen LogP contribution >= 0.6 is 11.6 Å². The number of benzene rings is 2. The molecule has 0 aliphatic rings. The van der Waals surface area contributed by atoms with Crippen LogP contribution in [0.2, 0.25) is 5.02 Å². The molecular weight excluding hydrogens is 290 g/mol. The second-order valence-electron chi connectivity index (χ2n) is 4.38. The van der Waals surface area contributed by atoms with Crippen molar-refractivity contribution < 1.29 is 14.3 Å². The average Bonchev–Trinajstić information content (AvgIpc) is 2.47. The van der Waals surface area contributed by atoms with Gasteiger partial charge in [0.05, 0.1) is 23.4 Å². The van der Waals surface area contributed by atoms with Gasteiger partial charge < -0.3 is 9.47 Å². The third-order valence-electron chi connectivity index (χ3n) is 2.95. The van der Waals surface area contributed by atoms with Gasteiger partial charge >= 0.3 is 0 Å². The van der Waals surface area contributed by atoms with E-state index in [0.717, 1.165) is 5.56 Å². The number of nitrogens with zero attached hydrogens (tertiary/aromatic N) is 1. The number of ether oxygens (including phenoxy) is 2. The van der Waals surface area contributed by atoms with Crippen molar-refractivity contribution in [2.75, 3.05) is 7.11 Å². The minimum Gasteiger partial charge on any atom is -0.496 e. The molecule has 0 bridgehead atoms. The first kappa shape index (κ1) is 15.1. The van der Waals surface area contributed by atoms with Gasteiger partial charge in [0.15, 0.2) is 0 Å². The van der Waals surface area contributed by atoms with E-state index in [0.29, 0.717) is 27.8 Å². The van der Waals surface area contributed by atoms with Crippen LogP contribution in [0.3, 0.4) is 0 Å². The largest absolute Gasteiger partial charge is 0.496 e. The number of hydrogen-bond acceptors (Lipinski definition) is 4. The zero-order chi connectivity index (χ0) is 15.2. The molecule has 0 heterocycles. The Bertz CT molecular complexity index is 694. The molecule has 0 aliphatic carbocycles. The molecular formula is C16H14ClNO3. The van der Waals surface area contributed by atoms with E-state index in [1.54, 1.807) is 31.4 Å². The lowest BCUT2D eigenvalue weighted by atomic mass is 10.1. The van der Waals surface area contributed by atoms with E-state index in [-0.39, 0.29) is 6.61 Å². The van der Waals surface area contributed by atoms with Gasteiger partial charge in [0.25, 0.3) is 0 Å². The molecule has 0 aliphatic heterocycles. The second-order valence-corrected chi connectivity index (χ2v) is 4.79. The summed E-state index contributed by atoms with van der Waals surface area (Å²) in [6.45, 7) is 2.14. The molecule has 0 N–H and O–H groups in total. The van der Waals surface area contributed by atoms with Gasteiger partial charge in [-0.3, -0.25) is 0 Å². The zero-order valence-corrected chi connectivity index (χ0v) is 12.5. The summed E-state index contributed by atoms with van der Waals surface area (Å²) in [7, 11) is 1.55. The maximum atomic E-state index is 10.5. The van der Waals surface area contributed by atoms with Gasteiger partial charge in [-0.1, -0.05) is 23.7 Å². The van der Waals surface area contributed by atoms with Crippen LogP contribution in [0.25, 0.3) is 0 Å². The molecule has 0 unspecified atom stereocenters. The molecule has 2 aromatic carbocycles. The summed E-state index contributed by atoms with van der Waals surface area (Å²) in [5.41, 5.74) is 2.18. The first-order chi connectivity index (χ1) is 10.2. The fourth-order valence-corrected chi connectivity index (χ4v) is 2.21. The number of carbonyl (C=O) groups excluding carboxylic acids is 1. The van der Waals surface area contributed by atoms with Crippen molar-refractivity contribution in [3.8, 4) is 11.5 Å². The van der Waals surface area contributed by atoms with Gasteiger partial charge in [-0.15, -0.1) is 0 Å². The van der Waals surface area contributed by atoms with Gasteiger partial charge in [-0.05, 0) is 36.8 Å². The summed E-state index contributed by atoms with van der Waals surface area (Å²) >= 11 is 6.13. The Kier molecular flexibility index (Phi) is 4.99. The molecule has 2 aromatic rings. The molecule has 0 amide bonds. The number of aryl methyl sites for hydroxylation is 1. The van der Waals surface area contributed by atoms with Crippen molar-refractivity contribution in [2.24, 2.45) is 4.99 Å². The minimum absolute atomic E-state index is 0.188. The highest BCUT2D eigenvalue weighted by atomic mass is 35.5. The summed E-state index contributed by atoms with van der Waals surface area (Å²) in [6, 6.07) is 10.8. The van der Waals surface area contributed by atoms with E-state index in [1.165, 1.54) is 6.08 Å². The fourth-order valence-electron chi connectivity index (χ4n) is 1.92. The quantitative estimate of drug-likeness (QED) is 0.614. The van der Waals surface area contributed by atoms with Gasteiger partial charge in [0.2, 0.25) is 6.08 Å². The molecule has 0 atom stereocenters. The molecule has 0 radical (unpaired) electrons. The molecule has 21 heavy (non-hydrogen) atoms. The van der Waals surface area contributed by atoms with Crippen molar-refractivity contribution in [3.05, 3.63) is 52.5 Å². The third-order valence-corrected chi connectivity index (χ3v) is 3.25. The lowest BCUT2D eigenvalue weighted by Gasteiger charge is -2.13. The molecule has 0 saturated carbocycles. The number of isocyanates is 1. The van der Waals surface area contributed by atoms with Crippen LogP contribution in [-0.2, 0) is 11.4 Å². The monoisotopic (exact) mass is 303 g/mol. The smallest absolute Gasteiger partial charge is 0.240 e. The van der Waals surface area contributed by atoms with E-state index in [9.17, 15) is 4.79 Å². The fraction of sp³-hybridized carbons (Fsp3) is 0.188. The second kappa shape index (κ2) is 6.93. The summed E-state index contributed by atoms with van der Waals surface area (Å²) in [5.74, 6) is 1.16. The Morgan fingerprint density at radius 1 is 1.24 bits per heavy atom. The van der Waals surface area contributed by atoms with Gasteiger partial charge in [-0.25, -0.2) is 4.79 Å². The third kappa shape index (κ3) is 3.63. The van der Waals surface area contributed by atoms with Crippen LogP contribution in [0.4, 0.5) is 5.69 Å². The van der Waals surface area contributed by atoms with Gasteiger partial charge in [-0.2, -0.15) is 4.99 Å². The maximum absolute atomic E-state index is 10.5. The zero-order valence-electron chi connectivity index (χ0n) is 11.7. The van der Waals surface area contributed by atoms with Crippen molar-refractivity contribution >= 4 is 23.4 Å². The number of methoxy groups -OCH3 is 1. The highest BCUT2D eigenvalue weighted by Gasteiger charge is 2.11. The van der Waals surface area contributed by atoms with Crippen molar-refractivity contribution in [2.45, 2.75) is 13.5 Å². The van der Waals surface area contributed by atoms with Gasteiger partial charge in [0, 0.05) is 0 Å². The maximum Gasteiger partial charge on any atom is 0.240 e. The van der Waals surface area contributed by atoms with E-state index in [4.69, 9.17) is 21.1 Å². The Hall–Kier alpha value is -2.29. The van der Waals surface area contributed by atoms with Crippen LogP contribution in [0.1, 0.15) is 11.1 Å². The number of aliphatic imine (C=N–C) groups is 1. The van der Waals surface area contributed by atoms with Crippen molar-refractivity contribution in [3.63, 3.8) is 0 Å². The summed E-state index contributed by atoms with van der Waals surface area (Å²) in [5, 5.41) is 0.533. The van der Waals surface area contributed by atoms with E-state index in [1.807, 2.05) is 19.1 Å². The topological polar surface area (TPSA) is 47.9 Å². The molecule has 0 spiro atoms. The van der Waals surface area contributed by atoms with Crippen LogP contribution in [-0.4, -0.2) is 13.2 Å². The standard InChI is InChI=1S/C16H14ClNO3/c1-11-6-7-16(13(17)8-11)21-9-12-14(18-10-19)4-3-5-15(12)20-2/h3-8H,9H2,1-2H3. The summed E-state index contributed by atoms with van der Waals surface area (Å²) in [4.78, 5) is 14.2. The number of halogens is 1. The first-order valence-electron chi connectivity index (χ1n) is 6.28. The van der Waals surface area contributed by atoms with Crippen molar-refractivity contribution in [1.82, 2.24) is 0 Å². The Morgan fingerprint density at radius 3 is 2.71 bits per heavy atom. The first-order valence-corrected chi connectivity index (χ1v) is 6.66. The lowest BCUT2D eigenvalue weighted by Crippen LogP contribution is -2.00. The predicted molar refractivity (Wildman–Crippen MR) is 81.3 cm³/mol. The van der Waals surface area contributed by atoms with E-state index >= 15 is 0 Å². The molecule has 2 rings (SSSR count). The molecule has 108 valence electrons. The van der Waals surface area contributed by atoms with Crippen LogP contribution in [0.5, 0.6) is 11.5 Å². The lowest BCUT2D eigenvalue weighted by molar-refractivity contribution is 0.297. The van der Waals surface area contributed by atoms with Crippen LogP contribution in [0, 0.1) is 6.92 Å². The van der Waals surface area contributed by atoms with E-state index in [2.05, 4.69) is 4.99 Å². The minimum atomic E-state index is 0.188. The number of rotatable bonds is 5. The normalized spacial score (nSPS) is 9.86. The van der Waals surface area contributed by atoms with Crippen LogP contribution < -0.4 is 9.47 Å². The molecule has 4 nitrogen and oxygen atoms in total. The Morgan fingerprint density at radius 2 is 2.05 bits per heavy atom. The Labute approximate surface area is 128 Å². The van der Waals surface area contributed by atoms with Crippen molar-refractivity contribution in [1.29, 1.82) is 0 Å². The van der Waals surface area contributed by atoms with Crippen LogP contribution in [0.15, 0.2) is 41.4 Å². The molecule has 0 saturated heterocycles. The number of hydrogen-bond donors (Lipinski definition) is 0. The SMILES string of the molecule is COc1cccc(N=C=O)c1COc1ccc(C)cc1Cl. The molecule has 0 aromatic heterocycles. The average molecular weight is 304 g/mol. The van der Waals surface area contributed by atoms with Gasteiger partial charge in [0.1, 0.15) is 18.1 Å². The van der Waals surface area contributed by atoms with E-state index < -0.39 is 0 Å². The molecule has 5 heteroatoms. The highest BCUT2D eigenvalue weighted by Crippen LogP contribution is 2.31. The summed E-state index contributed by atoms with van der Waals surface area (Å²) in [6.07, 6.45) is 1.53.